The van der Waals surface area contributed by atoms with Gasteiger partial charge in [-0.3, -0.25) is 9.59 Å². The van der Waals surface area contributed by atoms with Gasteiger partial charge in [-0.05, 0) is 36.4 Å². The van der Waals surface area contributed by atoms with Crippen molar-refractivity contribution in [3.63, 3.8) is 0 Å². The summed E-state index contributed by atoms with van der Waals surface area (Å²) in [5.41, 5.74) is 0.593. The molecule has 148 valence electrons. The number of quaternary nitrogens is 1. The van der Waals surface area contributed by atoms with Crippen LogP contribution in [0.2, 0.25) is 0 Å². The number of carbonyl (C=O) groups is 2. The van der Waals surface area contributed by atoms with E-state index < -0.39 is 0 Å². The molecule has 5 nitrogen and oxygen atoms in total. The summed E-state index contributed by atoms with van der Waals surface area (Å²) in [6.07, 6.45) is 0.528. The Balaban J connectivity index is 1.34. The molecule has 0 spiro atoms. The fourth-order valence-electron chi connectivity index (χ4n) is 3.15. The average Bonchev–Trinajstić information content (AvgIpc) is 2.71. The number of benzene rings is 2. The number of hydrogen-bond donors (Lipinski definition) is 2. The van der Waals surface area contributed by atoms with Gasteiger partial charge >= 0.3 is 0 Å². The number of anilines is 1. The minimum atomic E-state index is -0.327. The van der Waals surface area contributed by atoms with Crippen molar-refractivity contribution in [2.75, 3.05) is 43.8 Å². The molecule has 0 bridgehead atoms. The van der Waals surface area contributed by atoms with Gasteiger partial charge < -0.3 is 15.1 Å². The van der Waals surface area contributed by atoms with Crippen LogP contribution in [-0.4, -0.2) is 55.2 Å². The van der Waals surface area contributed by atoms with Gasteiger partial charge in [0.25, 0.3) is 5.91 Å². The number of nitrogens with zero attached hydrogens (tertiary/aromatic N) is 1. The van der Waals surface area contributed by atoms with E-state index in [-0.39, 0.29) is 17.6 Å². The fourth-order valence-corrected chi connectivity index (χ4v) is 4.01. The molecule has 0 saturated carbocycles. The van der Waals surface area contributed by atoms with E-state index in [1.165, 1.54) is 17.0 Å². The molecule has 1 aliphatic rings. The Kier molecular flexibility index (Phi) is 7.45. The Bertz CT molecular complexity index is 778. The molecular formula is C21H25FN3O2S+. The van der Waals surface area contributed by atoms with Crippen molar-refractivity contribution in [1.29, 1.82) is 0 Å². The molecule has 2 N–H and O–H groups in total. The van der Waals surface area contributed by atoms with Crippen LogP contribution in [0, 0.1) is 5.82 Å². The van der Waals surface area contributed by atoms with Crippen LogP contribution in [0.3, 0.4) is 0 Å². The van der Waals surface area contributed by atoms with E-state index >= 15 is 0 Å². The lowest BCUT2D eigenvalue weighted by Gasteiger charge is -2.32. The van der Waals surface area contributed by atoms with Crippen molar-refractivity contribution >= 4 is 29.3 Å². The summed E-state index contributed by atoms with van der Waals surface area (Å²) in [5.74, 6) is 0.529. The molecule has 3 rings (SSSR count). The van der Waals surface area contributed by atoms with E-state index in [4.69, 9.17) is 0 Å². The third-order valence-electron chi connectivity index (χ3n) is 4.69. The predicted octanol–water partition coefficient (Wildman–Crippen LogP) is 1.67. The number of halogens is 1. The van der Waals surface area contributed by atoms with E-state index in [1.54, 1.807) is 23.9 Å². The Morgan fingerprint density at radius 2 is 1.71 bits per heavy atom. The van der Waals surface area contributed by atoms with Crippen molar-refractivity contribution in [3.8, 4) is 0 Å². The minimum Gasteiger partial charge on any atom is -0.331 e. The highest BCUT2D eigenvalue weighted by atomic mass is 32.2. The maximum absolute atomic E-state index is 12.9. The molecule has 28 heavy (non-hydrogen) atoms. The lowest BCUT2D eigenvalue weighted by Crippen LogP contribution is -3.15. The fraction of sp³-hybridized carbons (Fsp3) is 0.333. The lowest BCUT2D eigenvalue weighted by atomic mass is 10.2. The van der Waals surface area contributed by atoms with Gasteiger partial charge in [0.1, 0.15) is 5.82 Å². The second-order valence-corrected chi connectivity index (χ2v) is 7.94. The van der Waals surface area contributed by atoms with E-state index in [0.29, 0.717) is 31.7 Å². The molecule has 0 aliphatic carbocycles. The molecule has 7 heteroatoms. The summed E-state index contributed by atoms with van der Waals surface area (Å²) < 4.78 is 12.9. The van der Waals surface area contributed by atoms with Gasteiger partial charge in [0, 0.05) is 22.8 Å². The first-order valence-electron chi connectivity index (χ1n) is 9.45. The van der Waals surface area contributed by atoms with Crippen LogP contribution in [0.5, 0.6) is 0 Å². The van der Waals surface area contributed by atoms with Crippen molar-refractivity contribution in [3.05, 3.63) is 60.4 Å². The second kappa shape index (κ2) is 10.2. The maximum Gasteiger partial charge on any atom is 0.279 e. The Morgan fingerprint density at radius 3 is 2.39 bits per heavy atom. The standard InChI is InChI=1S/C21H24FN3O2S/c22-17-6-8-18(9-7-17)23-20(26)16-24-11-13-25(14-12-24)21(27)10-15-28-19-4-2-1-3-5-19/h1-9H,10-16H2,(H,23,26)/p+1. The highest BCUT2D eigenvalue weighted by molar-refractivity contribution is 7.99. The molecule has 0 radical (unpaired) electrons. The van der Waals surface area contributed by atoms with Crippen molar-refractivity contribution in [1.82, 2.24) is 4.90 Å². The number of piperazine rings is 1. The van der Waals surface area contributed by atoms with Crippen molar-refractivity contribution < 1.29 is 18.9 Å². The third kappa shape index (κ3) is 6.35. The molecule has 0 aromatic heterocycles. The van der Waals surface area contributed by atoms with E-state index in [0.717, 1.165) is 23.7 Å². The zero-order valence-corrected chi connectivity index (χ0v) is 16.5. The van der Waals surface area contributed by atoms with Gasteiger partial charge in [-0.25, -0.2) is 4.39 Å². The molecule has 0 unspecified atom stereocenters. The van der Waals surface area contributed by atoms with E-state index in [2.05, 4.69) is 5.32 Å². The Labute approximate surface area is 168 Å². The Hall–Kier alpha value is -2.38. The molecule has 2 aromatic rings. The first-order valence-corrected chi connectivity index (χ1v) is 10.4. The summed E-state index contributed by atoms with van der Waals surface area (Å²) in [7, 11) is 0. The highest BCUT2D eigenvalue weighted by Gasteiger charge is 2.24. The van der Waals surface area contributed by atoms with Crippen molar-refractivity contribution in [2.24, 2.45) is 0 Å². The van der Waals surface area contributed by atoms with Crippen LogP contribution in [0.1, 0.15) is 6.42 Å². The monoisotopic (exact) mass is 402 g/mol. The molecule has 2 amide bonds. The maximum atomic E-state index is 12.9. The van der Waals surface area contributed by atoms with Gasteiger partial charge in [-0.15, -0.1) is 11.8 Å². The number of carbonyl (C=O) groups excluding carboxylic acids is 2. The lowest BCUT2D eigenvalue weighted by molar-refractivity contribution is -0.895. The van der Waals surface area contributed by atoms with Crippen LogP contribution in [-0.2, 0) is 9.59 Å². The zero-order valence-electron chi connectivity index (χ0n) is 15.7. The average molecular weight is 403 g/mol. The molecule has 1 saturated heterocycles. The predicted molar refractivity (Wildman–Crippen MR) is 109 cm³/mol. The molecule has 0 atom stereocenters. The van der Waals surface area contributed by atoms with Crippen LogP contribution in [0.4, 0.5) is 10.1 Å². The molecule has 1 aliphatic heterocycles. The topological polar surface area (TPSA) is 53.9 Å². The molecular weight excluding hydrogens is 377 g/mol. The van der Waals surface area contributed by atoms with E-state index in [1.807, 2.05) is 35.2 Å². The van der Waals surface area contributed by atoms with Crippen LogP contribution in [0.25, 0.3) is 0 Å². The first-order chi connectivity index (χ1) is 13.6. The van der Waals surface area contributed by atoms with Crippen LogP contribution < -0.4 is 10.2 Å². The zero-order chi connectivity index (χ0) is 19.8. The smallest absolute Gasteiger partial charge is 0.279 e. The van der Waals surface area contributed by atoms with Gasteiger partial charge in [-0.2, -0.15) is 0 Å². The normalized spacial score (nSPS) is 14.7. The Morgan fingerprint density at radius 1 is 1.04 bits per heavy atom. The SMILES string of the molecule is O=C(C[NH+]1CCN(C(=O)CCSc2ccccc2)CC1)Nc1ccc(F)cc1. The minimum absolute atomic E-state index is 0.0966. The number of rotatable bonds is 7. The summed E-state index contributed by atoms with van der Waals surface area (Å²) in [5, 5.41) is 2.78. The quantitative estimate of drug-likeness (QED) is 0.693. The number of nitrogens with one attached hydrogen (secondary N) is 2. The molecule has 1 heterocycles. The summed E-state index contributed by atoms with van der Waals surface area (Å²) in [6, 6.07) is 15.8. The molecule has 2 aromatic carbocycles. The van der Waals surface area contributed by atoms with Gasteiger partial charge in [0.2, 0.25) is 5.91 Å². The summed E-state index contributed by atoms with van der Waals surface area (Å²) in [6.45, 7) is 3.22. The summed E-state index contributed by atoms with van der Waals surface area (Å²) >= 11 is 1.69. The third-order valence-corrected chi connectivity index (χ3v) is 5.70. The van der Waals surface area contributed by atoms with E-state index in [9.17, 15) is 14.0 Å². The second-order valence-electron chi connectivity index (χ2n) is 6.77. The first kappa shape index (κ1) is 20.4. The van der Waals surface area contributed by atoms with Gasteiger partial charge in [-0.1, -0.05) is 18.2 Å². The van der Waals surface area contributed by atoms with Crippen LogP contribution in [0.15, 0.2) is 59.5 Å². The van der Waals surface area contributed by atoms with Crippen LogP contribution >= 0.6 is 11.8 Å². The van der Waals surface area contributed by atoms with Gasteiger partial charge in [0.05, 0.1) is 26.2 Å². The number of thioether (sulfide) groups is 1. The largest absolute Gasteiger partial charge is 0.331 e. The number of amides is 2. The summed E-state index contributed by atoms with van der Waals surface area (Å²) in [4.78, 5) is 28.8. The van der Waals surface area contributed by atoms with Gasteiger partial charge in [0.15, 0.2) is 6.54 Å². The highest BCUT2D eigenvalue weighted by Crippen LogP contribution is 2.18. The van der Waals surface area contributed by atoms with Crippen molar-refractivity contribution in [2.45, 2.75) is 11.3 Å². The number of hydrogen-bond acceptors (Lipinski definition) is 3. The molecule has 1 fully saturated rings.